The van der Waals surface area contributed by atoms with Crippen LogP contribution in [0.2, 0.25) is 0 Å². The van der Waals surface area contributed by atoms with E-state index in [-0.39, 0.29) is 4.90 Å². The largest absolute Gasteiger partial charge is 0.339 e. The summed E-state index contributed by atoms with van der Waals surface area (Å²) in [6.07, 6.45) is 0. The van der Waals surface area contributed by atoms with Crippen molar-refractivity contribution in [1.29, 1.82) is 0 Å². The Labute approximate surface area is 111 Å². The summed E-state index contributed by atoms with van der Waals surface area (Å²) in [7, 11) is -3.56. The van der Waals surface area contributed by atoms with Crippen LogP contribution in [0.4, 0.5) is 5.69 Å². The monoisotopic (exact) mass is 272 g/mol. The molecule has 0 aromatic heterocycles. The molecule has 1 N–H and O–H groups in total. The minimum atomic E-state index is -3.56. The molecule has 4 nitrogen and oxygen atoms in total. The van der Waals surface area contributed by atoms with Crippen molar-refractivity contribution in [2.45, 2.75) is 11.8 Å². The normalized spacial score (nSPS) is 15.7. The number of nitrogens with one attached hydrogen (secondary N) is 1. The van der Waals surface area contributed by atoms with E-state index in [1.165, 1.54) is 0 Å². The molecule has 3 rings (SSSR count). The minimum absolute atomic E-state index is 0.254. The number of rotatable bonds is 1. The fourth-order valence-electron chi connectivity index (χ4n) is 1.97. The van der Waals surface area contributed by atoms with Gasteiger partial charge in [0.15, 0.2) is 5.84 Å². The van der Waals surface area contributed by atoms with Crippen molar-refractivity contribution in [3.05, 3.63) is 59.7 Å². The van der Waals surface area contributed by atoms with E-state index in [4.69, 9.17) is 0 Å². The first-order valence-corrected chi connectivity index (χ1v) is 7.28. The molecular weight excluding hydrogens is 260 g/mol. The van der Waals surface area contributed by atoms with Crippen LogP contribution >= 0.6 is 0 Å². The van der Waals surface area contributed by atoms with Gasteiger partial charge in [-0.25, -0.2) is 0 Å². The number of aryl methyl sites for hydroxylation is 1. The lowest BCUT2D eigenvalue weighted by Crippen LogP contribution is -2.11. The summed E-state index contributed by atoms with van der Waals surface area (Å²) in [5.41, 5.74) is 2.58. The summed E-state index contributed by atoms with van der Waals surface area (Å²) in [5.74, 6) is 0.374. The molecule has 1 aliphatic rings. The Morgan fingerprint density at radius 1 is 1.00 bits per heavy atom. The van der Waals surface area contributed by atoms with Crippen LogP contribution in [0.5, 0.6) is 0 Å². The lowest BCUT2D eigenvalue weighted by Gasteiger charge is -2.06. The SMILES string of the molecule is Cc1ccc(NC2=NS(=O)(=O)c3ccccc32)cc1. The lowest BCUT2D eigenvalue weighted by molar-refractivity contribution is 0.599. The van der Waals surface area contributed by atoms with Crippen LogP contribution < -0.4 is 5.32 Å². The molecular formula is C14H12N2O2S. The van der Waals surface area contributed by atoms with Crippen LogP contribution in [0.25, 0.3) is 0 Å². The molecule has 0 bridgehead atoms. The molecule has 19 heavy (non-hydrogen) atoms. The maximum atomic E-state index is 11.9. The third-order valence-electron chi connectivity index (χ3n) is 2.95. The Bertz CT molecular complexity index is 762. The second kappa shape index (κ2) is 4.20. The van der Waals surface area contributed by atoms with Gasteiger partial charge in [-0.2, -0.15) is 8.42 Å². The molecule has 0 fully saturated rings. The van der Waals surface area contributed by atoms with E-state index in [0.717, 1.165) is 11.3 Å². The summed E-state index contributed by atoms with van der Waals surface area (Å²) in [6, 6.07) is 14.5. The van der Waals surface area contributed by atoms with E-state index in [9.17, 15) is 8.42 Å². The van der Waals surface area contributed by atoms with Crippen LogP contribution in [0.15, 0.2) is 57.8 Å². The summed E-state index contributed by atoms with van der Waals surface area (Å²) in [6.45, 7) is 2.00. The zero-order valence-corrected chi connectivity index (χ0v) is 11.1. The maximum absolute atomic E-state index is 11.9. The molecule has 0 saturated heterocycles. The van der Waals surface area contributed by atoms with Gasteiger partial charge in [0.25, 0.3) is 10.0 Å². The highest BCUT2D eigenvalue weighted by atomic mass is 32.2. The number of amidine groups is 1. The molecule has 5 heteroatoms. The summed E-state index contributed by atoms with van der Waals surface area (Å²) >= 11 is 0. The fraction of sp³-hybridized carbons (Fsp3) is 0.0714. The third kappa shape index (κ3) is 2.13. The smallest absolute Gasteiger partial charge is 0.285 e. The first-order chi connectivity index (χ1) is 9.06. The van der Waals surface area contributed by atoms with E-state index in [1.807, 2.05) is 31.2 Å². The Morgan fingerprint density at radius 3 is 2.42 bits per heavy atom. The van der Waals surface area contributed by atoms with Crippen LogP contribution in [0.1, 0.15) is 11.1 Å². The first-order valence-electron chi connectivity index (χ1n) is 5.84. The number of sulfonamides is 1. The quantitative estimate of drug-likeness (QED) is 0.868. The predicted molar refractivity (Wildman–Crippen MR) is 75.0 cm³/mol. The number of nitrogens with zero attached hydrogens (tertiary/aromatic N) is 1. The molecule has 2 aromatic rings. The average molecular weight is 272 g/mol. The van der Waals surface area contributed by atoms with Gasteiger partial charge in [-0.05, 0) is 31.2 Å². The van der Waals surface area contributed by atoms with Crippen LogP contribution in [0.3, 0.4) is 0 Å². The Balaban J connectivity index is 2.01. The van der Waals surface area contributed by atoms with E-state index in [0.29, 0.717) is 11.4 Å². The van der Waals surface area contributed by atoms with E-state index >= 15 is 0 Å². The zero-order chi connectivity index (χ0) is 13.5. The number of benzene rings is 2. The molecule has 1 aliphatic heterocycles. The third-order valence-corrected chi connectivity index (χ3v) is 4.28. The zero-order valence-electron chi connectivity index (χ0n) is 10.3. The number of anilines is 1. The number of hydrogen-bond acceptors (Lipinski definition) is 3. The molecule has 0 aliphatic carbocycles. The van der Waals surface area contributed by atoms with Crippen molar-refractivity contribution in [3.8, 4) is 0 Å². The molecule has 0 spiro atoms. The van der Waals surface area contributed by atoms with Gasteiger partial charge < -0.3 is 5.32 Å². The van der Waals surface area contributed by atoms with Gasteiger partial charge in [-0.1, -0.05) is 29.8 Å². The molecule has 0 saturated carbocycles. The van der Waals surface area contributed by atoms with Crippen molar-refractivity contribution < 1.29 is 8.42 Å². The second-order valence-corrected chi connectivity index (χ2v) is 5.97. The minimum Gasteiger partial charge on any atom is -0.339 e. The highest BCUT2D eigenvalue weighted by Crippen LogP contribution is 2.26. The first kappa shape index (κ1) is 11.9. The summed E-state index contributed by atoms with van der Waals surface area (Å²) in [5, 5.41) is 3.05. The second-order valence-electron chi connectivity index (χ2n) is 4.40. The standard InChI is InChI=1S/C14H12N2O2S/c1-10-6-8-11(9-7-10)15-14-12-4-2-3-5-13(12)19(17,18)16-14/h2-9H,1H3,(H,15,16). The summed E-state index contributed by atoms with van der Waals surface area (Å²) in [4.78, 5) is 0.254. The number of fused-ring (bicyclic) bond motifs is 1. The summed E-state index contributed by atoms with van der Waals surface area (Å²) < 4.78 is 27.5. The van der Waals surface area contributed by atoms with Gasteiger partial charge >= 0.3 is 0 Å². The molecule has 2 aromatic carbocycles. The fourth-order valence-corrected chi connectivity index (χ4v) is 3.15. The molecule has 0 atom stereocenters. The van der Waals surface area contributed by atoms with Gasteiger partial charge in [0, 0.05) is 11.3 Å². The Kier molecular flexibility index (Phi) is 2.64. The average Bonchev–Trinajstić information content (AvgIpc) is 2.65. The molecule has 0 amide bonds. The van der Waals surface area contributed by atoms with E-state index < -0.39 is 10.0 Å². The molecule has 96 valence electrons. The molecule has 0 unspecified atom stereocenters. The topological polar surface area (TPSA) is 58.5 Å². The van der Waals surface area contributed by atoms with Crippen LogP contribution in [-0.4, -0.2) is 14.3 Å². The van der Waals surface area contributed by atoms with Crippen LogP contribution in [0, 0.1) is 6.92 Å². The van der Waals surface area contributed by atoms with Crippen molar-refractivity contribution in [3.63, 3.8) is 0 Å². The highest BCUT2D eigenvalue weighted by molar-refractivity contribution is 7.90. The van der Waals surface area contributed by atoms with Gasteiger partial charge in [0.2, 0.25) is 0 Å². The van der Waals surface area contributed by atoms with E-state index in [1.54, 1.807) is 24.3 Å². The lowest BCUT2D eigenvalue weighted by atomic mass is 10.2. The van der Waals surface area contributed by atoms with Gasteiger partial charge in [0.1, 0.15) is 4.90 Å². The van der Waals surface area contributed by atoms with E-state index in [2.05, 4.69) is 9.71 Å². The number of hydrogen-bond donors (Lipinski definition) is 1. The van der Waals surface area contributed by atoms with Crippen molar-refractivity contribution in [1.82, 2.24) is 0 Å². The Morgan fingerprint density at radius 2 is 1.68 bits per heavy atom. The van der Waals surface area contributed by atoms with Gasteiger partial charge in [-0.3, -0.25) is 0 Å². The van der Waals surface area contributed by atoms with Crippen molar-refractivity contribution >= 4 is 21.5 Å². The van der Waals surface area contributed by atoms with Crippen LogP contribution in [-0.2, 0) is 10.0 Å². The molecule has 0 radical (unpaired) electrons. The predicted octanol–water partition coefficient (Wildman–Crippen LogP) is 2.56. The Hall–Kier alpha value is -2.14. The van der Waals surface area contributed by atoms with Crippen molar-refractivity contribution in [2.75, 3.05) is 5.32 Å². The van der Waals surface area contributed by atoms with Gasteiger partial charge in [-0.15, -0.1) is 4.40 Å². The highest BCUT2D eigenvalue weighted by Gasteiger charge is 2.28. The van der Waals surface area contributed by atoms with Crippen molar-refractivity contribution in [2.24, 2.45) is 4.40 Å². The maximum Gasteiger partial charge on any atom is 0.285 e. The molecule has 1 heterocycles. The van der Waals surface area contributed by atoms with Gasteiger partial charge in [0.05, 0.1) is 0 Å².